The molecule has 0 saturated heterocycles. The summed E-state index contributed by atoms with van der Waals surface area (Å²) in [5, 5.41) is 11.9. The molecule has 2 aromatic carbocycles. The lowest BCUT2D eigenvalue weighted by molar-refractivity contribution is -0.121. The molecular formula is C26H33N5O3. The molecule has 4 rings (SSSR count). The van der Waals surface area contributed by atoms with Gasteiger partial charge in [0.1, 0.15) is 17.3 Å². The third-order valence-corrected chi connectivity index (χ3v) is 6.28. The lowest BCUT2D eigenvalue weighted by Gasteiger charge is -2.21. The number of benzene rings is 2. The second-order valence-corrected chi connectivity index (χ2v) is 8.60. The van der Waals surface area contributed by atoms with Gasteiger partial charge in [0.2, 0.25) is 5.91 Å². The number of carbonyl (C=O) groups excluding carboxylic acids is 1. The normalized spacial score (nSPS) is 14.7. The van der Waals surface area contributed by atoms with Crippen LogP contribution in [0.25, 0.3) is 0 Å². The number of hydrogen-bond acceptors (Lipinski definition) is 6. The summed E-state index contributed by atoms with van der Waals surface area (Å²) in [6, 6.07) is 15.8. The van der Waals surface area contributed by atoms with Crippen LogP contribution in [0.3, 0.4) is 0 Å². The Morgan fingerprint density at radius 3 is 2.65 bits per heavy atom. The van der Waals surface area contributed by atoms with Crippen LogP contribution in [-0.4, -0.2) is 52.9 Å². The van der Waals surface area contributed by atoms with Gasteiger partial charge in [0.25, 0.3) is 0 Å². The fraction of sp³-hybridized carbons (Fsp3) is 0.423. The van der Waals surface area contributed by atoms with Crippen LogP contribution < -0.4 is 14.8 Å². The van der Waals surface area contributed by atoms with Crippen LogP contribution in [0.4, 0.5) is 0 Å². The van der Waals surface area contributed by atoms with Crippen LogP contribution in [0.1, 0.15) is 42.2 Å². The van der Waals surface area contributed by atoms with Crippen LogP contribution in [0.2, 0.25) is 0 Å². The topological polar surface area (TPSA) is 81.5 Å². The number of aryl methyl sites for hydroxylation is 1. The third-order valence-electron chi connectivity index (χ3n) is 6.28. The average molecular weight is 464 g/mol. The molecule has 34 heavy (non-hydrogen) atoms. The van der Waals surface area contributed by atoms with Crippen molar-refractivity contribution in [3.8, 4) is 11.5 Å². The molecule has 8 heteroatoms. The van der Waals surface area contributed by atoms with E-state index in [9.17, 15) is 4.79 Å². The van der Waals surface area contributed by atoms with Crippen molar-refractivity contribution < 1.29 is 14.3 Å². The summed E-state index contributed by atoms with van der Waals surface area (Å²) in [5.41, 5.74) is 2.29. The molecule has 1 amide bonds. The maximum atomic E-state index is 12.5. The van der Waals surface area contributed by atoms with Gasteiger partial charge in [-0.2, -0.15) is 0 Å². The van der Waals surface area contributed by atoms with Crippen molar-refractivity contribution in [3.05, 3.63) is 71.3 Å². The molecule has 1 aliphatic rings. The van der Waals surface area contributed by atoms with Crippen molar-refractivity contribution in [2.24, 2.45) is 0 Å². The summed E-state index contributed by atoms with van der Waals surface area (Å²) in [6.45, 7) is 5.28. The van der Waals surface area contributed by atoms with Gasteiger partial charge >= 0.3 is 0 Å². The van der Waals surface area contributed by atoms with E-state index < -0.39 is 0 Å². The van der Waals surface area contributed by atoms with E-state index in [1.54, 1.807) is 14.2 Å². The average Bonchev–Trinajstić information content (AvgIpc) is 3.17. The third kappa shape index (κ3) is 5.75. The first-order valence-electron chi connectivity index (χ1n) is 11.8. The monoisotopic (exact) mass is 463 g/mol. The molecule has 3 aromatic rings. The largest absolute Gasteiger partial charge is 0.497 e. The molecule has 0 saturated carbocycles. The van der Waals surface area contributed by atoms with Gasteiger partial charge in [0.15, 0.2) is 5.82 Å². The van der Waals surface area contributed by atoms with E-state index in [0.29, 0.717) is 6.42 Å². The van der Waals surface area contributed by atoms with Gasteiger partial charge in [-0.1, -0.05) is 36.4 Å². The summed E-state index contributed by atoms with van der Waals surface area (Å²) in [7, 11) is 3.34. The van der Waals surface area contributed by atoms with Crippen molar-refractivity contribution >= 4 is 5.91 Å². The number of amides is 1. The van der Waals surface area contributed by atoms with E-state index >= 15 is 0 Å². The maximum absolute atomic E-state index is 12.5. The number of aromatic nitrogens is 3. The molecule has 0 aliphatic carbocycles. The molecule has 1 aromatic heterocycles. The molecule has 2 heterocycles. The smallest absolute Gasteiger partial charge is 0.220 e. The van der Waals surface area contributed by atoms with Crippen molar-refractivity contribution in [2.45, 2.75) is 45.3 Å². The van der Waals surface area contributed by atoms with Gasteiger partial charge in [-0.15, -0.1) is 10.2 Å². The van der Waals surface area contributed by atoms with Gasteiger partial charge in [0, 0.05) is 50.7 Å². The molecule has 0 fully saturated rings. The second kappa shape index (κ2) is 11.2. The minimum Gasteiger partial charge on any atom is -0.497 e. The Morgan fingerprint density at radius 2 is 1.88 bits per heavy atom. The number of rotatable bonds is 9. The number of nitrogens with one attached hydrogen (secondary N) is 1. The maximum Gasteiger partial charge on any atom is 0.220 e. The zero-order chi connectivity index (χ0) is 23.9. The highest BCUT2D eigenvalue weighted by atomic mass is 16.5. The van der Waals surface area contributed by atoms with Crippen LogP contribution in [0.5, 0.6) is 11.5 Å². The molecule has 1 atom stereocenters. The van der Waals surface area contributed by atoms with Crippen molar-refractivity contribution in [2.75, 3.05) is 27.3 Å². The number of carbonyl (C=O) groups is 1. The molecule has 8 nitrogen and oxygen atoms in total. The Balaban J connectivity index is 1.35. The second-order valence-electron chi connectivity index (χ2n) is 8.60. The summed E-state index contributed by atoms with van der Waals surface area (Å²) in [5.74, 6) is 3.41. The fourth-order valence-corrected chi connectivity index (χ4v) is 4.37. The van der Waals surface area contributed by atoms with Crippen LogP contribution in [0.15, 0.2) is 48.5 Å². The SMILES string of the molecule is COc1ccc(CN2CCc3nnc([C@@H](C)NC(=O)CCc4ccccc4)n3CC2)c(OC)c1. The molecular weight excluding hydrogens is 430 g/mol. The number of methoxy groups -OCH3 is 2. The molecule has 1 aliphatic heterocycles. The standard InChI is InChI=1S/C26H33N5O3/c1-19(27-25(32)12-9-20-7-5-4-6-8-20)26-29-28-24-13-14-30(15-16-31(24)26)18-21-10-11-22(33-2)17-23(21)34-3/h4-8,10-11,17,19H,9,12-16,18H2,1-3H3,(H,27,32)/t19-/m1/s1. The van der Waals surface area contributed by atoms with Crippen molar-refractivity contribution in [3.63, 3.8) is 0 Å². The number of ether oxygens (including phenoxy) is 2. The molecule has 0 unspecified atom stereocenters. The predicted molar refractivity (Wildman–Crippen MR) is 130 cm³/mol. The van der Waals surface area contributed by atoms with Crippen LogP contribution >= 0.6 is 0 Å². The zero-order valence-electron chi connectivity index (χ0n) is 20.2. The Bertz CT molecular complexity index is 1100. The Kier molecular flexibility index (Phi) is 7.80. The molecule has 0 radical (unpaired) electrons. The van der Waals surface area contributed by atoms with E-state index in [2.05, 4.69) is 31.0 Å². The first-order valence-corrected chi connectivity index (χ1v) is 11.8. The van der Waals surface area contributed by atoms with E-state index in [1.165, 1.54) is 0 Å². The minimum atomic E-state index is -0.197. The number of hydrogen-bond donors (Lipinski definition) is 1. The molecule has 1 N–H and O–H groups in total. The van der Waals surface area contributed by atoms with Crippen LogP contribution in [-0.2, 0) is 30.7 Å². The van der Waals surface area contributed by atoms with E-state index in [0.717, 1.165) is 73.3 Å². The van der Waals surface area contributed by atoms with Gasteiger partial charge in [0.05, 0.1) is 20.3 Å². The molecule has 0 bridgehead atoms. The minimum absolute atomic E-state index is 0.0237. The molecule has 180 valence electrons. The summed E-state index contributed by atoms with van der Waals surface area (Å²) >= 11 is 0. The summed E-state index contributed by atoms with van der Waals surface area (Å²) in [6.07, 6.45) is 1.98. The van der Waals surface area contributed by atoms with Gasteiger partial charge in [-0.05, 0) is 25.0 Å². The summed E-state index contributed by atoms with van der Waals surface area (Å²) in [4.78, 5) is 14.9. The lowest BCUT2D eigenvalue weighted by atomic mass is 10.1. The van der Waals surface area contributed by atoms with Crippen molar-refractivity contribution in [1.82, 2.24) is 25.0 Å². The Hall–Kier alpha value is -3.39. The van der Waals surface area contributed by atoms with E-state index in [-0.39, 0.29) is 11.9 Å². The van der Waals surface area contributed by atoms with Gasteiger partial charge < -0.3 is 19.4 Å². The highest BCUT2D eigenvalue weighted by molar-refractivity contribution is 5.76. The van der Waals surface area contributed by atoms with E-state index in [1.807, 2.05) is 49.4 Å². The van der Waals surface area contributed by atoms with Gasteiger partial charge in [-0.25, -0.2) is 0 Å². The quantitative estimate of drug-likeness (QED) is 0.525. The van der Waals surface area contributed by atoms with Gasteiger partial charge in [-0.3, -0.25) is 9.69 Å². The first-order chi connectivity index (χ1) is 16.6. The number of fused-ring (bicyclic) bond motifs is 1. The number of nitrogens with zero attached hydrogens (tertiary/aromatic N) is 4. The Morgan fingerprint density at radius 1 is 1.06 bits per heavy atom. The van der Waals surface area contributed by atoms with Crippen LogP contribution in [0, 0.1) is 0 Å². The Labute approximate surface area is 200 Å². The highest BCUT2D eigenvalue weighted by Crippen LogP contribution is 2.26. The first kappa shape index (κ1) is 23.8. The summed E-state index contributed by atoms with van der Waals surface area (Å²) < 4.78 is 13.0. The fourth-order valence-electron chi connectivity index (χ4n) is 4.37. The van der Waals surface area contributed by atoms with Crippen molar-refractivity contribution in [1.29, 1.82) is 0 Å². The highest BCUT2D eigenvalue weighted by Gasteiger charge is 2.23. The molecule has 0 spiro atoms. The lowest BCUT2D eigenvalue weighted by Crippen LogP contribution is -2.30. The zero-order valence-corrected chi connectivity index (χ0v) is 20.2. The predicted octanol–water partition coefficient (Wildman–Crippen LogP) is 3.16. The van der Waals surface area contributed by atoms with E-state index in [4.69, 9.17) is 9.47 Å².